The highest BCUT2D eigenvalue weighted by molar-refractivity contribution is 6.23. The van der Waals surface area contributed by atoms with E-state index in [4.69, 9.17) is 19.9 Å². The van der Waals surface area contributed by atoms with E-state index in [9.17, 15) is 0 Å². The van der Waals surface area contributed by atoms with Crippen LogP contribution in [0.15, 0.2) is 297 Å². The Bertz CT molecular complexity index is 5670. The summed E-state index contributed by atoms with van der Waals surface area (Å²) >= 11 is 0. The maximum Gasteiger partial charge on any atom is 0.235 e. The molecule has 13 aromatic carbocycles. The first-order valence-corrected chi connectivity index (χ1v) is 28.8. The van der Waals surface area contributed by atoms with Crippen molar-refractivity contribution >= 4 is 109 Å². The van der Waals surface area contributed by atoms with Crippen molar-refractivity contribution in [3.63, 3.8) is 0 Å². The van der Waals surface area contributed by atoms with E-state index in [2.05, 4.69) is 268 Å². The Labute approximate surface area is 488 Å². The molecule has 0 radical (unpaired) electrons. The fraction of sp³-hybridized carbons (Fsp3) is 0. The number of aromatic nitrogens is 7. The fourth-order valence-corrected chi connectivity index (χ4v) is 13.1. The van der Waals surface area contributed by atoms with Gasteiger partial charge in [0.05, 0.1) is 49.8 Å². The van der Waals surface area contributed by atoms with Gasteiger partial charge in [-0.3, -0.25) is 9.13 Å². The quantitative estimate of drug-likeness (QED) is 0.166. The van der Waals surface area contributed by atoms with Gasteiger partial charge in [0.2, 0.25) is 11.9 Å². The highest BCUT2D eigenvalue weighted by atomic mass is 15.2. The largest absolute Gasteiger partial charge is 0.309 e. The normalized spacial score (nSPS) is 11.8. The number of fused-ring (bicyclic) bond motifs is 15. The zero-order valence-corrected chi connectivity index (χ0v) is 45.9. The third-order valence-electron chi connectivity index (χ3n) is 17.0. The van der Waals surface area contributed by atoms with Gasteiger partial charge in [-0.2, -0.15) is 0 Å². The predicted octanol–water partition coefficient (Wildman–Crippen LogP) is 19.9. The molecule has 18 aromatic rings. The topological polar surface area (TPSA) is 66.3 Å². The summed E-state index contributed by atoms with van der Waals surface area (Å²) in [6, 6.07) is 103. The van der Waals surface area contributed by atoms with Gasteiger partial charge in [-0.25, -0.2) is 19.9 Å². The van der Waals surface area contributed by atoms with E-state index in [1.165, 1.54) is 87.1 Å². The van der Waals surface area contributed by atoms with Crippen molar-refractivity contribution in [1.29, 1.82) is 0 Å². The lowest BCUT2D eigenvalue weighted by Gasteiger charge is -2.12. The summed E-state index contributed by atoms with van der Waals surface area (Å²) in [6.07, 6.45) is 1.92. The molecule has 18 rings (SSSR count). The lowest BCUT2D eigenvalue weighted by molar-refractivity contribution is 1.01. The zero-order valence-electron chi connectivity index (χ0n) is 45.9. The molecule has 0 amide bonds. The van der Waals surface area contributed by atoms with Crippen LogP contribution in [-0.2, 0) is 0 Å². The summed E-state index contributed by atoms with van der Waals surface area (Å²) in [5.74, 6) is 1.36. The number of rotatable bonds is 6. The van der Waals surface area contributed by atoms with Gasteiger partial charge in [-0.05, 0) is 117 Å². The average molecular weight is 1080 g/mol. The molecule has 0 spiro atoms. The Morgan fingerprint density at radius 2 is 0.729 bits per heavy atom. The van der Waals surface area contributed by atoms with Crippen molar-refractivity contribution in [1.82, 2.24) is 33.6 Å². The molecule has 7 nitrogen and oxygen atoms in total. The Morgan fingerprint density at radius 1 is 0.235 bits per heavy atom. The van der Waals surface area contributed by atoms with E-state index in [1.54, 1.807) is 0 Å². The van der Waals surface area contributed by atoms with Crippen LogP contribution in [0.5, 0.6) is 0 Å². The number of nitrogens with zero attached hydrogens (tertiary/aromatic N) is 7. The van der Waals surface area contributed by atoms with E-state index in [0.717, 1.165) is 60.8 Å². The van der Waals surface area contributed by atoms with Crippen LogP contribution >= 0.6 is 0 Å². The second-order valence-corrected chi connectivity index (χ2v) is 21.8. The molecule has 0 saturated carbocycles. The van der Waals surface area contributed by atoms with Crippen LogP contribution in [0.4, 0.5) is 0 Å². The van der Waals surface area contributed by atoms with Crippen molar-refractivity contribution in [3.05, 3.63) is 297 Å². The fourth-order valence-electron chi connectivity index (χ4n) is 13.1. The molecule has 0 N–H and O–H groups in total. The van der Waals surface area contributed by atoms with Gasteiger partial charge in [0, 0.05) is 60.5 Å². The summed E-state index contributed by atoms with van der Waals surface area (Å²) in [7, 11) is 0. The van der Waals surface area contributed by atoms with E-state index < -0.39 is 0 Å². The standard InChI is InChI=1S/C42H26N4.C36H23N3/c1-2-11-31(12-3-1)45-37-16-8-5-13-32(37)33-22-20-29(25-40(33)45)28-19-18-27-21-23-39-41(35(27)24-28)34-14-6-9-17-38(34)46(39)42-43-26-30-10-4-7-15-36(30)44-42;1-3-11-24(12-4-1)26-19-21-28-27(23-26)20-22-33-34(28)30-16-8-10-18-32(30)39(33)36-37-31-17-9-7-15-29(31)35(38-36)25-13-5-2-6-14-25/h1-26H;1-23H. The molecule has 0 atom stereocenters. The van der Waals surface area contributed by atoms with Crippen molar-refractivity contribution in [2.45, 2.75) is 0 Å². The van der Waals surface area contributed by atoms with E-state index in [0.29, 0.717) is 11.9 Å². The van der Waals surface area contributed by atoms with Crippen molar-refractivity contribution in [3.8, 4) is 51.1 Å². The molecule has 0 aliphatic carbocycles. The monoisotopic (exact) mass is 1080 g/mol. The SMILES string of the molecule is c1ccc(-c2ccc3c(ccc4c3c3ccccc3n4-c3nc(-c4ccccc4)c4ccccc4n3)c2)cc1.c1ccc(-n2c3ccccc3c3ccc(-c4ccc5ccc6c(c5c4)c4ccccc4n6-c4ncc5ccccc5n4)cc32)cc1. The first-order valence-electron chi connectivity index (χ1n) is 28.8. The van der Waals surface area contributed by atoms with Crippen LogP contribution in [0, 0.1) is 0 Å². The van der Waals surface area contributed by atoms with Gasteiger partial charge in [-0.15, -0.1) is 0 Å². The molecule has 0 saturated heterocycles. The first-order chi connectivity index (χ1) is 42.2. The number of para-hydroxylation sites is 6. The molecule has 7 heteroatoms. The zero-order chi connectivity index (χ0) is 56.0. The van der Waals surface area contributed by atoms with Crippen LogP contribution in [-0.4, -0.2) is 33.6 Å². The summed E-state index contributed by atoms with van der Waals surface area (Å²) in [5, 5.41) is 14.3. The molecule has 396 valence electrons. The van der Waals surface area contributed by atoms with Gasteiger partial charge >= 0.3 is 0 Å². The molecule has 5 heterocycles. The van der Waals surface area contributed by atoms with Crippen LogP contribution in [0.25, 0.3) is 160 Å². The highest BCUT2D eigenvalue weighted by Crippen LogP contribution is 2.42. The van der Waals surface area contributed by atoms with Gasteiger partial charge in [-0.1, -0.05) is 218 Å². The lowest BCUT2D eigenvalue weighted by atomic mass is 9.97. The van der Waals surface area contributed by atoms with E-state index in [1.807, 2.05) is 42.6 Å². The van der Waals surface area contributed by atoms with Crippen LogP contribution in [0.3, 0.4) is 0 Å². The van der Waals surface area contributed by atoms with Crippen LogP contribution < -0.4 is 0 Å². The van der Waals surface area contributed by atoms with E-state index >= 15 is 0 Å². The molecule has 85 heavy (non-hydrogen) atoms. The summed E-state index contributed by atoms with van der Waals surface area (Å²) in [4.78, 5) is 20.1. The van der Waals surface area contributed by atoms with Crippen molar-refractivity contribution in [2.75, 3.05) is 0 Å². The molecule has 0 fully saturated rings. The molecule has 5 aromatic heterocycles. The molecule has 0 aliphatic rings. The van der Waals surface area contributed by atoms with Crippen LogP contribution in [0.1, 0.15) is 0 Å². The third-order valence-corrected chi connectivity index (χ3v) is 17.0. The Hall–Kier alpha value is -11.5. The summed E-state index contributed by atoms with van der Waals surface area (Å²) in [6.45, 7) is 0. The predicted molar refractivity (Wildman–Crippen MR) is 353 cm³/mol. The highest BCUT2D eigenvalue weighted by Gasteiger charge is 2.21. The molecule has 0 unspecified atom stereocenters. The maximum atomic E-state index is 5.20. The van der Waals surface area contributed by atoms with Gasteiger partial charge in [0.1, 0.15) is 0 Å². The minimum Gasteiger partial charge on any atom is -0.309 e. The lowest BCUT2D eigenvalue weighted by Crippen LogP contribution is -2.03. The smallest absolute Gasteiger partial charge is 0.235 e. The first kappa shape index (κ1) is 48.2. The Morgan fingerprint density at radius 3 is 1.46 bits per heavy atom. The molecular weight excluding hydrogens is 1030 g/mol. The Kier molecular flexibility index (Phi) is 11.1. The van der Waals surface area contributed by atoms with Crippen LogP contribution in [0.2, 0.25) is 0 Å². The summed E-state index contributed by atoms with van der Waals surface area (Å²) in [5.41, 5.74) is 16.7. The second-order valence-electron chi connectivity index (χ2n) is 21.8. The Balaban J connectivity index is 0.000000135. The minimum atomic E-state index is 0.680. The van der Waals surface area contributed by atoms with Crippen molar-refractivity contribution < 1.29 is 0 Å². The number of hydrogen-bond donors (Lipinski definition) is 0. The minimum absolute atomic E-state index is 0.680. The maximum absolute atomic E-state index is 5.20. The average Bonchev–Trinajstić information content (AvgIpc) is 2.53. The second kappa shape index (κ2) is 19.6. The molecule has 0 bridgehead atoms. The molecule has 0 aliphatic heterocycles. The van der Waals surface area contributed by atoms with E-state index in [-0.39, 0.29) is 0 Å². The van der Waals surface area contributed by atoms with Gasteiger partial charge in [0.15, 0.2) is 0 Å². The van der Waals surface area contributed by atoms with Gasteiger partial charge in [0.25, 0.3) is 0 Å². The summed E-state index contributed by atoms with van der Waals surface area (Å²) < 4.78 is 6.80. The van der Waals surface area contributed by atoms with Gasteiger partial charge < -0.3 is 4.57 Å². The molecular formula is C78H49N7. The van der Waals surface area contributed by atoms with Crippen molar-refractivity contribution in [2.24, 2.45) is 0 Å². The number of hydrogen-bond acceptors (Lipinski definition) is 4. The number of benzene rings is 13. The third kappa shape index (κ3) is 7.89.